The second-order valence-electron chi connectivity index (χ2n) is 9.89. The summed E-state index contributed by atoms with van der Waals surface area (Å²) in [5.74, 6) is 1.11. The van der Waals surface area contributed by atoms with Crippen LogP contribution in [-0.2, 0) is 9.53 Å². The second kappa shape index (κ2) is 10.1. The SMILES string of the molecule is COc1c(C)cc(C)c(/C(=C(\OC(C)=O)c2c(C)cc(C)cc2C)c2c(C)cc(C)cc2C)c1C. The molecule has 184 valence electrons. The molecule has 0 bridgehead atoms. The van der Waals surface area contributed by atoms with Crippen molar-refractivity contribution in [1.82, 2.24) is 0 Å². The predicted octanol–water partition coefficient (Wildman–Crippen LogP) is 7.95. The molecule has 0 spiro atoms. The molecule has 0 unspecified atom stereocenters. The van der Waals surface area contributed by atoms with Crippen LogP contribution in [0.15, 0.2) is 30.3 Å². The van der Waals surface area contributed by atoms with E-state index in [-0.39, 0.29) is 5.97 Å². The van der Waals surface area contributed by atoms with Gasteiger partial charge in [-0.3, -0.25) is 4.79 Å². The first-order chi connectivity index (χ1) is 16.4. The van der Waals surface area contributed by atoms with Gasteiger partial charge < -0.3 is 9.47 Å². The number of rotatable bonds is 5. The van der Waals surface area contributed by atoms with Crippen LogP contribution >= 0.6 is 0 Å². The van der Waals surface area contributed by atoms with Crippen LogP contribution in [-0.4, -0.2) is 13.1 Å². The fraction of sp³-hybridized carbons (Fsp3) is 0.344. The molecule has 3 aromatic carbocycles. The van der Waals surface area contributed by atoms with Gasteiger partial charge in [0.15, 0.2) is 0 Å². The second-order valence-corrected chi connectivity index (χ2v) is 9.89. The van der Waals surface area contributed by atoms with Gasteiger partial charge in [-0.25, -0.2) is 0 Å². The predicted molar refractivity (Wildman–Crippen MR) is 146 cm³/mol. The van der Waals surface area contributed by atoms with Crippen molar-refractivity contribution < 1.29 is 14.3 Å². The Labute approximate surface area is 210 Å². The van der Waals surface area contributed by atoms with E-state index in [1.54, 1.807) is 7.11 Å². The van der Waals surface area contributed by atoms with E-state index in [2.05, 4.69) is 92.6 Å². The van der Waals surface area contributed by atoms with E-state index in [9.17, 15) is 4.79 Å². The first-order valence-corrected chi connectivity index (χ1v) is 12.1. The molecule has 0 amide bonds. The lowest BCUT2D eigenvalue weighted by atomic mass is 9.82. The van der Waals surface area contributed by atoms with Gasteiger partial charge >= 0.3 is 5.97 Å². The number of benzene rings is 3. The van der Waals surface area contributed by atoms with Gasteiger partial charge in [0.05, 0.1) is 7.11 Å². The van der Waals surface area contributed by atoms with Crippen LogP contribution in [0, 0.1) is 62.3 Å². The number of methoxy groups -OCH3 is 1. The molecule has 0 radical (unpaired) electrons. The summed E-state index contributed by atoms with van der Waals surface area (Å²) < 4.78 is 12.0. The van der Waals surface area contributed by atoms with E-state index >= 15 is 0 Å². The van der Waals surface area contributed by atoms with E-state index in [4.69, 9.17) is 9.47 Å². The van der Waals surface area contributed by atoms with Crippen molar-refractivity contribution >= 4 is 17.3 Å². The quantitative estimate of drug-likeness (QED) is 0.216. The minimum atomic E-state index is -0.339. The van der Waals surface area contributed by atoms with E-state index in [0.29, 0.717) is 5.76 Å². The number of aryl methyl sites for hydroxylation is 8. The molecule has 0 atom stereocenters. The lowest BCUT2D eigenvalue weighted by Gasteiger charge is -2.26. The smallest absolute Gasteiger partial charge is 0.308 e. The Morgan fingerprint density at radius 1 is 0.600 bits per heavy atom. The summed E-state index contributed by atoms with van der Waals surface area (Å²) in [6.45, 7) is 20.4. The standard InChI is InChI=1S/C32H38O3/c1-17-12-19(3)27(20(4)13-17)30(29-23(7)16-24(8)31(34-11)25(29)9)32(35-26(10)33)28-21(5)14-18(2)15-22(28)6/h12-16H,1-11H3/b32-30-. The Bertz CT molecular complexity index is 1310. The zero-order chi connectivity index (χ0) is 26.2. The minimum Gasteiger partial charge on any atom is -0.496 e. The molecule has 0 aromatic heterocycles. The Morgan fingerprint density at radius 2 is 1.03 bits per heavy atom. The summed E-state index contributed by atoms with van der Waals surface area (Å²) in [7, 11) is 1.71. The third-order valence-electron chi connectivity index (χ3n) is 6.66. The fourth-order valence-corrected chi connectivity index (χ4v) is 5.70. The van der Waals surface area contributed by atoms with Crippen molar-refractivity contribution in [2.75, 3.05) is 7.11 Å². The van der Waals surface area contributed by atoms with Gasteiger partial charge in [0.1, 0.15) is 11.5 Å². The lowest BCUT2D eigenvalue weighted by Crippen LogP contribution is -2.10. The highest BCUT2D eigenvalue weighted by molar-refractivity contribution is 6.02. The lowest BCUT2D eigenvalue weighted by molar-refractivity contribution is -0.134. The molecule has 0 aliphatic rings. The highest BCUT2D eigenvalue weighted by atomic mass is 16.5. The number of carbonyl (C=O) groups excluding carboxylic acids is 1. The molecular formula is C32H38O3. The van der Waals surface area contributed by atoms with Gasteiger partial charge in [0.25, 0.3) is 0 Å². The zero-order valence-electron chi connectivity index (χ0n) is 23.1. The van der Waals surface area contributed by atoms with Crippen LogP contribution in [0.3, 0.4) is 0 Å². The summed E-state index contributed by atoms with van der Waals surface area (Å²) >= 11 is 0. The molecule has 3 heteroatoms. The third kappa shape index (κ3) is 5.05. The Hall–Kier alpha value is -3.33. The summed E-state index contributed by atoms with van der Waals surface area (Å²) in [6, 6.07) is 10.8. The number of hydrogen-bond acceptors (Lipinski definition) is 3. The van der Waals surface area contributed by atoms with Gasteiger partial charge in [-0.2, -0.15) is 0 Å². The number of carbonyl (C=O) groups is 1. The number of hydrogen-bond donors (Lipinski definition) is 0. The maximum atomic E-state index is 12.6. The molecule has 0 heterocycles. The minimum absolute atomic E-state index is 0.339. The summed E-state index contributed by atoms with van der Waals surface area (Å²) in [5, 5.41) is 0. The largest absolute Gasteiger partial charge is 0.496 e. The third-order valence-corrected chi connectivity index (χ3v) is 6.66. The van der Waals surface area contributed by atoms with Crippen LogP contribution in [0.4, 0.5) is 0 Å². The zero-order valence-corrected chi connectivity index (χ0v) is 23.1. The van der Waals surface area contributed by atoms with Crippen molar-refractivity contribution in [2.45, 2.75) is 69.2 Å². The molecular weight excluding hydrogens is 432 g/mol. The van der Waals surface area contributed by atoms with E-state index < -0.39 is 0 Å². The van der Waals surface area contributed by atoms with E-state index in [1.165, 1.54) is 18.1 Å². The molecule has 0 aliphatic carbocycles. The average molecular weight is 471 g/mol. The molecule has 0 saturated heterocycles. The van der Waals surface area contributed by atoms with Crippen LogP contribution in [0.1, 0.15) is 73.7 Å². The molecule has 0 saturated carbocycles. The van der Waals surface area contributed by atoms with Gasteiger partial charge in [0.2, 0.25) is 0 Å². The normalized spacial score (nSPS) is 11.9. The van der Waals surface area contributed by atoms with Crippen molar-refractivity contribution in [3.8, 4) is 5.75 Å². The molecule has 0 fully saturated rings. The molecule has 3 aromatic rings. The molecule has 3 rings (SSSR count). The Balaban J connectivity index is 2.67. The first-order valence-electron chi connectivity index (χ1n) is 12.1. The number of esters is 1. The van der Waals surface area contributed by atoms with Crippen molar-refractivity contribution in [3.05, 3.63) is 97.1 Å². The number of ether oxygens (including phenoxy) is 2. The van der Waals surface area contributed by atoms with Crippen LogP contribution < -0.4 is 4.74 Å². The average Bonchev–Trinajstić information content (AvgIpc) is 2.70. The van der Waals surface area contributed by atoms with Crippen LogP contribution in [0.2, 0.25) is 0 Å². The fourth-order valence-electron chi connectivity index (χ4n) is 5.70. The van der Waals surface area contributed by atoms with Gasteiger partial charge in [-0.1, -0.05) is 41.5 Å². The van der Waals surface area contributed by atoms with Crippen molar-refractivity contribution in [2.24, 2.45) is 0 Å². The van der Waals surface area contributed by atoms with E-state index in [0.717, 1.165) is 67.0 Å². The summed E-state index contributed by atoms with van der Waals surface area (Å²) in [5.41, 5.74) is 14.1. The molecule has 0 aliphatic heterocycles. The van der Waals surface area contributed by atoms with Crippen LogP contribution in [0.25, 0.3) is 11.3 Å². The topological polar surface area (TPSA) is 35.5 Å². The monoisotopic (exact) mass is 470 g/mol. The Kier molecular flexibility index (Phi) is 7.59. The van der Waals surface area contributed by atoms with Crippen molar-refractivity contribution in [3.63, 3.8) is 0 Å². The van der Waals surface area contributed by atoms with Gasteiger partial charge in [-0.05, 0) is 112 Å². The van der Waals surface area contributed by atoms with Crippen molar-refractivity contribution in [1.29, 1.82) is 0 Å². The Morgan fingerprint density at radius 3 is 1.46 bits per heavy atom. The van der Waals surface area contributed by atoms with E-state index in [1.807, 2.05) is 0 Å². The van der Waals surface area contributed by atoms with Gasteiger partial charge in [-0.15, -0.1) is 0 Å². The van der Waals surface area contributed by atoms with Gasteiger partial charge in [0, 0.05) is 18.1 Å². The summed E-state index contributed by atoms with van der Waals surface area (Å²) in [4.78, 5) is 12.6. The first kappa shape index (κ1) is 26.3. The highest BCUT2D eigenvalue weighted by Crippen LogP contribution is 2.44. The molecule has 35 heavy (non-hydrogen) atoms. The van der Waals surface area contributed by atoms with Crippen LogP contribution in [0.5, 0.6) is 5.75 Å². The summed E-state index contributed by atoms with van der Waals surface area (Å²) in [6.07, 6.45) is 0. The molecule has 3 nitrogen and oxygen atoms in total. The molecule has 0 N–H and O–H groups in total. The maximum absolute atomic E-state index is 12.6. The highest BCUT2D eigenvalue weighted by Gasteiger charge is 2.27. The maximum Gasteiger partial charge on any atom is 0.308 e.